The lowest BCUT2D eigenvalue weighted by atomic mass is 10.1. The summed E-state index contributed by atoms with van der Waals surface area (Å²) in [5.41, 5.74) is 0. The minimum Gasteiger partial charge on any atom is -0.317 e. The quantitative estimate of drug-likeness (QED) is 0.302. The Hall–Kier alpha value is -0.0400. The Morgan fingerprint density at radius 1 is 0.400 bits per heavy atom. The Morgan fingerprint density at radius 3 is 1.15 bits per heavy atom. The van der Waals surface area contributed by atoms with Crippen molar-refractivity contribution in [3.05, 3.63) is 0 Å². The van der Waals surface area contributed by atoms with Crippen molar-refractivity contribution in [1.29, 1.82) is 0 Å². The van der Waals surface area contributed by atoms with Crippen LogP contribution in [0.1, 0.15) is 110 Å². The zero-order valence-corrected chi connectivity index (χ0v) is 14.5. The van der Waals surface area contributed by atoms with Gasteiger partial charge in [0.15, 0.2) is 0 Å². The number of rotatable bonds is 17. The van der Waals surface area contributed by atoms with E-state index in [1.165, 1.54) is 109 Å². The van der Waals surface area contributed by atoms with Crippen molar-refractivity contribution in [2.24, 2.45) is 0 Å². The Kier molecular flexibility index (Phi) is 18.9. The molecule has 0 bridgehead atoms. The molecular weight excluding hydrogens is 242 g/mol. The minimum atomic E-state index is 1.23. The molecular formula is C19H41N. The molecule has 0 heterocycles. The monoisotopic (exact) mass is 283 g/mol. The minimum absolute atomic E-state index is 1.23. The van der Waals surface area contributed by atoms with E-state index < -0.39 is 0 Å². The van der Waals surface area contributed by atoms with Gasteiger partial charge in [-0.05, 0) is 25.9 Å². The number of unbranched alkanes of at least 4 members (excludes halogenated alkanes) is 13. The van der Waals surface area contributed by atoms with Gasteiger partial charge in [0.2, 0.25) is 0 Å². The standard InChI is InChI=1S/C19H41N/c1-3-5-7-8-9-10-11-12-13-14-15-17-19-20-18-16-6-4-2/h20H,3-19H2,1-2H3. The molecule has 0 aliphatic heterocycles. The molecule has 0 atom stereocenters. The SMILES string of the molecule is CCCCCCCCCCCCCCNCCCCC. The van der Waals surface area contributed by atoms with Crippen molar-refractivity contribution >= 4 is 0 Å². The van der Waals surface area contributed by atoms with E-state index >= 15 is 0 Å². The Bertz CT molecular complexity index is 138. The van der Waals surface area contributed by atoms with E-state index in [9.17, 15) is 0 Å². The molecule has 0 saturated heterocycles. The van der Waals surface area contributed by atoms with Crippen LogP contribution in [-0.2, 0) is 0 Å². The van der Waals surface area contributed by atoms with Crippen molar-refractivity contribution < 1.29 is 0 Å². The van der Waals surface area contributed by atoms with Crippen LogP contribution in [0, 0.1) is 0 Å². The normalized spacial score (nSPS) is 11.1. The summed E-state index contributed by atoms with van der Waals surface area (Å²) in [5.74, 6) is 0. The lowest BCUT2D eigenvalue weighted by Crippen LogP contribution is -2.16. The van der Waals surface area contributed by atoms with E-state index in [0.29, 0.717) is 0 Å². The first-order valence-corrected chi connectivity index (χ1v) is 9.62. The predicted octanol–water partition coefficient (Wildman–Crippen LogP) is 6.47. The van der Waals surface area contributed by atoms with Crippen LogP contribution in [0.2, 0.25) is 0 Å². The van der Waals surface area contributed by atoms with Gasteiger partial charge in [-0.1, -0.05) is 97.3 Å². The fraction of sp³-hybridized carbons (Fsp3) is 1.00. The first-order valence-electron chi connectivity index (χ1n) is 9.62. The molecule has 20 heavy (non-hydrogen) atoms. The van der Waals surface area contributed by atoms with Gasteiger partial charge in [-0.25, -0.2) is 0 Å². The summed E-state index contributed by atoms with van der Waals surface area (Å²) in [6.45, 7) is 7.03. The van der Waals surface area contributed by atoms with Gasteiger partial charge in [-0.15, -0.1) is 0 Å². The summed E-state index contributed by atoms with van der Waals surface area (Å²) >= 11 is 0. The highest BCUT2D eigenvalue weighted by atomic mass is 14.8. The van der Waals surface area contributed by atoms with Crippen LogP contribution in [0.25, 0.3) is 0 Å². The molecule has 1 N–H and O–H groups in total. The first-order chi connectivity index (χ1) is 9.91. The van der Waals surface area contributed by atoms with Gasteiger partial charge >= 0.3 is 0 Å². The van der Waals surface area contributed by atoms with Gasteiger partial charge < -0.3 is 5.32 Å². The summed E-state index contributed by atoms with van der Waals surface area (Å²) in [7, 11) is 0. The summed E-state index contributed by atoms with van der Waals surface area (Å²) in [6.07, 6.45) is 21.4. The molecule has 0 rings (SSSR count). The lowest BCUT2D eigenvalue weighted by Gasteiger charge is -2.04. The molecule has 0 amide bonds. The third-order valence-corrected chi connectivity index (χ3v) is 4.16. The molecule has 0 aromatic carbocycles. The van der Waals surface area contributed by atoms with Crippen LogP contribution < -0.4 is 5.32 Å². The highest BCUT2D eigenvalue weighted by molar-refractivity contribution is 4.51. The molecule has 122 valence electrons. The molecule has 0 saturated carbocycles. The third kappa shape index (κ3) is 18.0. The van der Waals surface area contributed by atoms with Crippen molar-refractivity contribution in [1.82, 2.24) is 5.32 Å². The van der Waals surface area contributed by atoms with Crippen LogP contribution >= 0.6 is 0 Å². The van der Waals surface area contributed by atoms with E-state index in [-0.39, 0.29) is 0 Å². The highest BCUT2D eigenvalue weighted by Gasteiger charge is 1.93. The lowest BCUT2D eigenvalue weighted by molar-refractivity contribution is 0.531. The van der Waals surface area contributed by atoms with Gasteiger partial charge in [0.05, 0.1) is 0 Å². The number of hydrogen-bond donors (Lipinski definition) is 1. The largest absolute Gasteiger partial charge is 0.317 e. The van der Waals surface area contributed by atoms with Crippen molar-refractivity contribution in [3.8, 4) is 0 Å². The smallest absolute Gasteiger partial charge is 0.00489 e. The van der Waals surface area contributed by atoms with Gasteiger partial charge in [0, 0.05) is 0 Å². The third-order valence-electron chi connectivity index (χ3n) is 4.16. The van der Waals surface area contributed by atoms with Gasteiger partial charge in [-0.3, -0.25) is 0 Å². The number of nitrogens with one attached hydrogen (secondary N) is 1. The van der Waals surface area contributed by atoms with Gasteiger partial charge in [-0.2, -0.15) is 0 Å². The zero-order valence-electron chi connectivity index (χ0n) is 14.5. The maximum Gasteiger partial charge on any atom is -0.00489 e. The molecule has 0 aliphatic carbocycles. The molecule has 0 fully saturated rings. The maximum absolute atomic E-state index is 3.56. The molecule has 1 nitrogen and oxygen atoms in total. The van der Waals surface area contributed by atoms with E-state index in [4.69, 9.17) is 0 Å². The van der Waals surface area contributed by atoms with Crippen LogP contribution in [0.5, 0.6) is 0 Å². The summed E-state index contributed by atoms with van der Waals surface area (Å²) in [4.78, 5) is 0. The molecule has 0 aliphatic rings. The summed E-state index contributed by atoms with van der Waals surface area (Å²) in [5, 5.41) is 3.56. The molecule has 0 aromatic heterocycles. The van der Waals surface area contributed by atoms with Crippen molar-refractivity contribution in [2.75, 3.05) is 13.1 Å². The van der Waals surface area contributed by atoms with Crippen LogP contribution in [0.15, 0.2) is 0 Å². The highest BCUT2D eigenvalue weighted by Crippen LogP contribution is 2.11. The van der Waals surface area contributed by atoms with Gasteiger partial charge in [0.1, 0.15) is 0 Å². The Morgan fingerprint density at radius 2 is 0.700 bits per heavy atom. The molecule has 0 radical (unpaired) electrons. The van der Waals surface area contributed by atoms with E-state index in [1.54, 1.807) is 0 Å². The second kappa shape index (κ2) is 19.0. The van der Waals surface area contributed by atoms with Crippen LogP contribution in [-0.4, -0.2) is 13.1 Å². The molecule has 0 spiro atoms. The second-order valence-electron chi connectivity index (χ2n) is 6.35. The predicted molar refractivity (Wildman–Crippen MR) is 93.5 cm³/mol. The first kappa shape index (κ1) is 20.0. The van der Waals surface area contributed by atoms with Gasteiger partial charge in [0.25, 0.3) is 0 Å². The van der Waals surface area contributed by atoms with Crippen molar-refractivity contribution in [3.63, 3.8) is 0 Å². The maximum atomic E-state index is 3.56. The average Bonchev–Trinajstić information content (AvgIpc) is 2.47. The Labute approximate surface area is 129 Å². The topological polar surface area (TPSA) is 12.0 Å². The summed E-state index contributed by atoms with van der Waals surface area (Å²) in [6, 6.07) is 0. The van der Waals surface area contributed by atoms with E-state index in [2.05, 4.69) is 19.2 Å². The van der Waals surface area contributed by atoms with Crippen molar-refractivity contribution in [2.45, 2.75) is 110 Å². The molecule has 0 unspecified atom stereocenters. The zero-order chi connectivity index (χ0) is 14.7. The van der Waals surface area contributed by atoms with Crippen LogP contribution in [0.4, 0.5) is 0 Å². The molecule has 0 aromatic rings. The Balaban J connectivity index is 2.89. The van der Waals surface area contributed by atoms with Crippen LogP contribution in [0.3, 0.4) is 0 Å². The average molecular weight is 284 g/mol. The molecule has 1 heteroatoms. The van der Waals surface area contributed by atoms with E-state index in [1.807, 2.05) is 0 Å². The van der Waals surface area contributed by atoms with E-state index in [0.717, 1.165) is 0 Å². The fourth-order valence-corrected chi connectivity index (χ4v) is 2.72. The number of hydrogen-bond acceptors (Lipinski definition) is 1. The summed E-state index contributed by atoms with van der Waals surface area (Å²) < 4.78 is 0. The fourth-order valence-electron chi connectivity index (χ4n) is 2.72. The second-order valence-corrected chi connectivity index (χ2v) is 6.35.